The molecule has 148 valence electrons. The molecule has 0 aromatic heterocycles. The second-order valence-corrected chi connectivity index (χ2v) is 8.40. The summed E-state index contributed by atoms with van der Waals surface area (Å²) in [7, 11) is 0. The number of amides is 2. The third-order valence-electron chi connectivity index (χ3n) is 4.52. The van der Waals surface area contributed by atoms with Crippen LogP contribution in [0.15, 0.2) is 30.3 Å². The van der Waals surface area contributed by atoms with Crippen molar-refractivity contribution < 1.29 is 14.3 Å². The molecule has 1 aliphatic heterocycles. The molecule has 2 rings (SSSR count). The monoisotopic (exact) mass is 372 g/mol. The fraction of sp³-hybridized carbons (Fsp3) is 0.545. The Morgan fingerprint density at radius 1 is 1.15 bits per heavy atom. The quantitative estimate of drug-likeness (QED) is 0.800. The van der Waals surface area contributed by atoms with E-state index in [-0.39, 0.29) is 18.0 Å². The zero-order valence-electron chi connectivity index (χ0n) is 17.1. The molecule has 1 N–H and O–H groups in total. The lowest BCUT2D eigenvalue weighted by molar-refractivity contribution is -0.117. The standard InChI is InChI=1S/C22H32N2O3/c1-16(2)18-9-6-17(7-10-18)8-11-20(25)23-19-12-14-24(15-13-19)21(26)27-22(3,4)5/h6-11,16,19H,12-15H2,1-5H3,(H,23,25)/b11-8+. The number of likely N-dealkylation sites (tertiary alicyclic amines) is 1. The normalized spacial score (nSPS) is 16.0. The maximum absolute atomic E-state index is 12.2. The Morgan fingerprint density at radius 2 is 1.74 bits per heavy atom. The molecule has 5 heteroatoms. The van der Waals surface area contributed by atoms with Crippen molar-refractivity contribution in [2.75, 3.05) is 13.1 Å². The predicted molar refractivity (Wildman–Crippen MR) is 109 cm³/mol. The van der Waals surface area contributed by atoms with Crippen LogP contribution in [0, 0.1) is 0 Å². The summed E-state index contributed by atoms with van der Waals surface area (Å²) >= 11 is 0. The SMILES string of the molecule is CC(C)c1ccc(/C=C/C(=O)NC2CCN(C(=O)OC(C)(C)C)CC2)cc1. The second-order valence-electron chi connectivity index (χ2n) is 8.40. The highest BCUT2D eigenvalue weighted by Crippen LogP contribution is 2.16. The van der Waals surface area contributed by atoms with Crippen LogP contribution in [0.2, 0.25) is 0 Å². The van der Waals surface area contributed by atoms with Crippen molar-refractivity contribution in [3.05, 3.63) is 41.5 Å². The van der Waals surface area contributed by atoms with Gasteiger partial charge in [0.05, 0.1) is 0 Å². The Hall–Kier alpha value is -2.30. The highest BCUT2D eigenvalue weighted by molar-refractivity contribution is 5.91. The Bertz CT molecular complexity index is 664. The number of nitrogens with zero attached hydrogens (tertiary/aromatic N) is 1. The van der Waals surface area contributed by atoms with Gasteiger partial charge in [-0.2, -0.15) is 0 Å². The van der Waals surface area contributed by atoms with Crippen LogP contribution >= 0.6 is 0 Å². The van der Waals surface area contributed by atoms with Crippen LogP contribution in [0.1, 0.15) is 64.5 Å². The maximum atomic E-state index is 12.2. The number of ether oxygens (including phenoxy) is 1. The molecular weight excluding hydrogens is 340 g/mol. The molecule has 1 aliphatic rings. The Morgan fingerprint density at radius 3 is 2.26 bits per heavy atom. The van der Waals surface area contributed by atoms with Gasteiger partial charge in [0.2, 0.25) is 5.91 Å². The molecule has 1 saturated heterocycles. The number of benzene rings is 1. The molecule has 0 atom stereocenters. The van der Waals surface area contributed by atoms with E-state index < -0.39 is 5.60 Å². The third-order valence-corrected chi connectivity index (χ3v) is 4.52. The van der Waals surface area contributed by atoms with Gasteiger partial charge in [0, 0.05) is 25.2 Å². The number of hydrogen-bond donors (Lipinski definition) is 1. The van der Waals surface area contributed by atoms with E-state index >= 15 is 0 Å². The first-order valence-electron chi connectivity index (χ1n) is 9.70. The molecule has 2 amide bonds. The molecule has 1 aromatic carbocycles. The summed E-state index contributed by atoms with van der Waals surface area (Å²) in [5, 5.41) is 3.02. The van der Waals surface area contributed by atoms with Gasteiger partial charge in [-0.25, -0.2) is 4.79 Å². The minimum Gasteiger partial charge on any atom is -0.444 e. The van der Waals surface area contributed by atoms with Crippen LogP contribution in [0.25, 0.3) is 6.08 Å². The number of carbonyl (C=O) groups excluding carboxylic acids is 2. The van der Waals surface area contributed by atoms with Crippen LogP contribution < -0.4 is 5.32 Å². The third kappa shape index (κ3) is 7.08. The van der Waals surface area contributed by atoms with Gasteiger partial charge in [-0.15, -0.1) is 0 Å². The summed E-state index contributed by atoms with van der Waals surface area (Å²) in [6.45, 7) is 11.1. The molecule has 5 nitrogen and oxygen atoms in total. The van der Waals surface area contributed by atoms with Crippen LogP contribution in [-0.4, -0.2) is 41.6 Å². The largest absolute Gasteiger partial charge is 0.444 e. The molecule has 0 saturated carbocycles. The van der Waals surface area contributed by atoms with Gasteiger partial charge in [0.25, 0.3) is 0 Å². The van der Waals surface area contributed by atoms with Crippen molar-refractivity contribution in [2.24, 2.45) is 0 Å². The van der Waals surface area contributed by atoms with Crippen molar-refractivity contribution >= 4 is 18.1 Å². The summed E-state index contributed by atoms with van der Waals surface area (Å²) in [6.07, 6.45) is 4.60. The summed E-state index contributed by atoms with van der Waals surface area (Å²) in [6, 6.07) is 8.32. The zero-order chi connectivity index (χ0) is 20.0. The lowest BCUT2D eigenvalue weighted by Gasteiger charge is -2.33. The van der Waals surface area contributed by atoms with Gasteiger partial charge < -0.3 is 15.0 Å². The summed E-state index contributed by atoms with van der Waals surface area (Å²) < 4.78 is 5.39. The summed E-state index contributed by atoms with van der Waals surface area (Å²) in [5.74, 6) is 0.400. The number of carbonyl (C=O) groups is 2. The van der Waals surface area contributed by atoms with Gasteiger partial charge in [-0.1, -0.05) is 38.1 Å². The average Bonchev–Trinajstić information content (AvgIpc) is 2.59. The molecule has 0 bridgehead atoms. The number of nitrogens with one attached hydrogen (secondary N) is 1. The smallest absolute Gasteiger partial charge is 0.410 e. The van der Waals surface area contributed by atoms with E-state index in [2.05, 4.69) is 31.3 Å². The fourth-order valence-corrected chi connectivity index (χ4v) is 2.95. The van der Waals surface area contributed by atoms with E-state index in [1.165, 1.54) is 5.56 Å². The molecule has 0 radical (unpaired) electrons. The highest BCUT2D eigenvalue weighted by atomic mass is 16.6. The van der Waals surface area contributed by atoms with Gasteiger partial charge in [-0.05, 0) is 56.7 Å². The zero-order valence-corrected chi connectivity index (χ0v) is 17.1. The highest BCUT2D eigenvalue weighted by Gasteiger charge is 2.27. The molecule has 27 heavy (non-hydrogen) atoms. The van der Waals surface area contributed by atoms with Gasteiger partial charge in [0.15, 0.2) is 0 Å². The van der Waals surface area contributed by atoms with Gasteiger partial charge in [0.1, 0.15) is 5.60 Å². The molecule has 0 unspecified atom stereocenters. The molecule has 1 aromatic rings. The predicted octanol–water partition coefficient (Wildman–Crippen LogP) is 4.34. The molecule has 1 heterocycles. The van der Waals surface area contributed by atoms with Crippen LogP contribution in [0.5, 0.6) is 0 Å². The van der Waals surface area contributed by atoms with Gasteiger partial charge >= 0.3 is 6.09 Å². The maximum Gasteiger partial charge on any atom is 0.410 e. The van der Waals surface area contributed by atoms with Crippen LogP contribution in [0.4, 0.5) is 4.79 Å². The second kappa shape index (κ2) is 9.07. The summed E-state index contributed by atoms with van der Waals surface area (Å²) in [5.41, 5.74) is 1.81. The number of rotatable bonds is 4. The number of piperidine rings is 1. The minimum absolute atomic E-state index is 0.0872. The van der Waals surface area contributed by atoms with Crippen molar-refractivity contribution in [1.82, 2.24) is 10.2 Å². The van der Waals surface area contributed by atoms with E-state index in [4.69, 9.17) is 4.74 Å². The van der Waals surface area contributed by atoms with Crippen molar-refractivity contribution in [2.45, 2.75) is 65.0 Å². The summed E-state index contributed by atoms with van der Waals surface area (Å²) in [4.78, 5) is 25.9. The van der Waals surface area contributed by atoms with E-state index in [9.17, 15) is 9.59 Å². The first-order chi connectivity index (χ1) is 12.6. The van der Waals surface area contributed by atoms with E-state index in [0.29, 0.717) is 19.0 Å². The van der Waals surface area contributed by atoms with E-state index in [1.807, 2.05) is 39.0 Å². The minimum atomic E-state index is -0.486. The van der Waals surface area contributed by atoms with Gasteiger partial charge in [-0.3, -0.25) is 4.79 Å². The fourth-order valence-electron chi connectivity index (χ4n) is 2.95. The Balaban J connectivity index is 1.78. The number of hydrogen-bond acceptors (Lipinski definition) is 3. The first-order valence-corrected chi connectivity index (χ1v) is 9.70. The van der Waals surface area contributed by atoms with Crippen molar-refractivity contribution in [3.63, 3.8) is 0 Å². The van der Waals surface area contributed by atoms with Crippen LogP contribution in [-0.2, 0) is 9.53 Å². The topological polar surface area (TPSA) is 58.6 Å². The lowest BCUT2D eigenvalue weighted by Crippen LogP contribution is -2.47. The Labute approximate surface area is 162 Å². The van der Waals surface area contributed by atoms with Crippen LogP contribution in [0.3, 0.4) is 0 Å². The lowest BCUT2D eigenvalue weighted by atomic mass is 10.0. The van der Waals surface area contributed by atoms with E-state index in [1.54, 1.807) is 11.0 Å². The molecule has 0 spiro atoms. The van der Waals surface area contributed by atoms with E-state index in [0.717, 1.165) is 18.4 Å². The first kappa shape index (κ1) is 21.0. The molecular formula is C22H32N2O3. The Kier molecular flexibility index (Phi) is 7.05. The molecule has 1 fully saturated rings. The molecule has 0 aliphatic carbocycles. The average molecular weight is 373 g/mol. The van der Waals surface area contributed by atoms with Crippen molar-refractivity contribution in [1.29, 1.82) is 0 Å². The van der Waals surface area contributed by atoms with Crippen molar-refractivity contribution in [3.8, 4) is 0 Å².